The van der Waals surface area contributed by atoms with Gasteiger partial charge < -0.3 is 9.47 Å². The summed E-state index contributed by atoms with van der Waals surface area (Å²) in [5.41, 5.74) is 6.00. The molecule has 0 aliphatic rings. The van der Waals surface area contributed by atoms with E-state index in [1.807, 2.05) is 36.6 Å². The van der Waals surface area contributed by atoms with Crippen LogP contribution >= 0.6 is 11.3 Å². The number of amides is 1. The third-order valence-electron chi connectivity index (χ3n) is 4.84. The molecular formula is C27H22N2O4S. The van der Waals surface area contributed by atoms with Gasteiger partial charge in [0.2, 0.25) is 0 Å². The van der Waals surface area contributed by atoms with E-state index in [2.05, 4.69) is 10.5 Å². The van der Waals surface area contributed by atoms with Gasteiger partial charge in [0.05, 0.1) is 6.21 Å². The molecule has 0 bridgehead atoms. The number of thiophene rings is 1. The minimum atomic E-state index is -0.393. The van der Waals surface area contributed by atoms with Crippen molar-refractivity contribution in [1.82, 2.24) is 5.43 Å². The number of hydrazone groups is 1. The third-order valence-corrected chi connectivity index (χ3v) is 5.69. The topological polar surface area (TPSA) is 77.0 Å². The molecule has 0 spiro atoms. The summed E-state index contributed by atoms with van der Waals surface area (Å²) in [7, 11) is 0. The van der Waals surface area contributed by atoms with E-state index in [1.54, 1.807) is 60.7 Å². The first kappa shape index (κ1) is 22.9. The standard InChI is InChI=1S/C27H22N2O4S/c1-19-4-6-21(7-5-19)18-32-23-14-10-22(11-15-23)26(30)29-28-17-20-8-12-24(13-9-20)33-27(31)25-3-2-16-34-25/h2-17H,18H2,1H3,(H,29,30)/b28-17-. The van der Waals surface area contributed by atoms with Crippen LogP contribution in [0.3, 0.4) is 0 Å². The molecule has 170 valence electrons. The van der Waals surface area contributed by atoms with Crippen LogP contribution in [0.2, 0.25) is 0 Å². The highest BCUT2D eigenvalue weighted by Crippen LogP contribution is 2.17. The number of esters is 1. The first-order chi connectivity index (χ1) is 16.6. The number of hydrogen-bond donors (Lipinski definition) is 1. The predicted octanol–water partition coefficient (Wildman–Crippen LogP) is 5.62. The molecule has 0 radical (unpaired) electrons. The van der Waals surface area contributed by atoms with Gasteiger partial charge in [-0.1, -0.05) is 35.9 Å². The summed E-state index contributed by atoms with van der Waals surface area (Å²) >= 11 is 1.32. The van der Waals surface area contributed by atoms with E-state index in [0.717, 1.165) is 11.1 Å². The molecule has 4 aromatic rings. The highest BCUT2D eigenvalue weighted by molar-refractivity contribution is 7.12. The van der Waals surface area contributed by atoms with Crippen molar-refractivity contribution >= 4 is 29.4 Å². The summed E-state index contributed by atoms with van der Waals surface area (Å²) in [5, 5.41) is 5.81. The number of aryl methyl sites for hydroxylation is 1. The van der Waals surface area contributed by atoms with Crippen LogP contribution in [0.5, 0.6) is 11.5 Å². The van der Waals surface area contributed by atoms with E-state index < -0.39 is 5.97 Å². The van der Waals surface area contributed by atoms with Crippen LogP contribution < -0.4 is 14.9 Å². The van der Waals surface area contributed by atoms with Gasteiger partial charge in [-0.25, -0.2) is 10.2 Å². The van der Waals surface area contributed by atoms with Gasteiger partial charge in [-0.15, -0.1) is 11.3 Å². The molecule has 1 heterocycles. The SMILES string of the molecule is Cc1ccc(COc2ccc(C(=O)N/N=C\c3ccc(OC(=O)c4cccs4)cc3)cc2)cc1. The second-order valence-corrected chi connectivity index (χ2v) is 8.38. The largest absolute Gasteiger partial charge is 0.489 e. The number of carbonyl (C=O) groups excluding carboxylic acids is 2. The third kappa shape index (κ3) is 6.40. The second-order valence-electron chi connectivity index (χ2n) is 7.43. The van der Waals surface area contributed by atoms with Crippen molar-refractivity contribution in [3.8, 4) is 11.5 Å². The Kier molecular flexibility index (Phi) is 7.47. The number of nitrogens with one attached hydrogen (secondary N) is 1. The van der Waals surface area contributed by atoms with E-state index in [-0.39, 0.29) is 5.91 Å². The summed E-state index contributed by atoms with van der Waals surface area (Å²) in [5.74, 6) is 0.392. The molecule has 34 heavy (non-hydrogen) atoms. The molecule has 0 aliphatic carbocycles. The Balaban J connectivity index is 1.25. The van der Waals surface area contributed by atoms with Crippen molar-refractivity contribution in [2.75, 3.05) is 0 Å². The maximum Gasteiger partial charge on any atom is 0.353 e. The van der Waals surface area contributed by atoms with Crippen molar-refractivity contribution in [3.05, 3.63) is 117 Å². The lowest BCUT2D eigenvalue weighted by atomic mass is 10.2. The van der Waals surface area contributed by atoms with Crippen LogP contribution in [0.4, 0.5) is 0 Å². The molecule has 7 heteroatoms. The summed E-state index contributed by atoms with van der Waals surface area (Å²) in [4.78, 5) is 24.8. The van der Waals surface area contributed by atoms with Gasteiger partial charge in [0, 0.05) is 5.56 Å². The van der Waals surface area contributed by atoms with Crippen LogP contribution in [0.25, 0.3) is 0 Å². The number of carbonyl (C=O) groups is 2. The molecule has 0 aliphatic heterocycles. The summed E-state index contributed by atoms with van der Waals surface area (Å²) in [6.45, 7) is 2.50. The number of ether oxygens (including phenoxy) is 2. The van der Waals surface area contributed by atoms with E-state index in [9.17, 15) is 9.59 Å². The van der Waals surface area contributed by atoms with Gasteiger partial charge in [0.25, 0.3) is 5.91 Å². The molecule has 4 rings (SSSR count). The number of nitrogens with zero attached hydrogens (tertiary/aromatic N) is 1. The van der Waals surface area contributed by atoms with Gasteiger partial charge >= 0.3 is 5.97 Å². The van der Waals surface area contributed by atoms with Crippen molar-refractivity contribution < 1.29 is 19.1 Å². The number of hydrogen-bond acceptors (Lipinski definition) is 6. The number of rotatable bonds is 8. The van der Waals surface area contributed by atoms with Crippen molar-refractivity contribution in [1.29, 1.82) is 0 Å². The first-order valence-corrected chi connectivity index (χ1v) is 11.4. The van der Waals surface area contributed by atoms with Crippen molar-refractivity contribution in [3.63, 3.8) is 0 Å². The Morgan fingerprint density at radius 2 is 1.62 bits per heavy atom. The molecule has 0 atom stereocenters. The van der Waals surface area contributed by atoms with Gasteiger partial charge in [0.1, 0.15) is 23.0 Å². The van der Waals surface area contributed by atoms with Gasteiger partial charge in [-0.2, -0.15) is 5.10 Å². The Bertz CT molecular complexity index is 1260. The highest BCUT2D eigenvalue weighted by Gasteiger charge is 2.09. The maximum atomic E-state index is 12.3. The normalized spacial score (nSPS) is 10.7. The quantitative estimate of drug-likeness (QED) is 0.157. The molecule has 3 aromatic carbocycles. The lowest BCUT2D eigenvalue weighted by Gasteiger charge is -2.07. The zero-order valence-electron chi connectivity index (χ0n) is 18.4. The smallest absolute Gasteiger partial charge is 0.353 e. The zero-order valence-corrected chi connectivity index (χ0v) is 19.2. The van der Waals surface area contributed by atoms with E-state index >= 15 is 0 Å². The van der Waals surface area contributed by atoms with Crippen LogP contribution in [0.1, 0.15) is 36.7 Å². The lowest BCUT2D eigenvalue weighted by Crippen LogP contribution is -2.17. The van der Waals surface area contributed by atoms with Crippen LogP contribution in [-0.4, -0.2) is 18.1 Å². The highest BCUT2D eigenvalue weighted by atomic mass is 32.1. The molecule has 0 unspecified atom stereocenters. The van der Waals surface area contributed by atoms with E-state index in [0.29, 0.717) is 28.5 Å². The molecule has 1 aromatic heterocycles. The fourth-order valence-corrected chi connectivity index (χ4v) is 3.56. The maximum absolute atomic E-state index is 12.3. The van der Waals surface area contributed by atoms with Crippen molar-refractivity contribution in [2.24, 2.45) is 5.10 Å². The predicted molar refractivity (Wildman–Crippen MR) is 133 cm³/mol. The van der Waals surface area contributed by atoms with Gasteiger partial charge in [-0.3, -0.25) is 4.79 Å². The zero-order chi connectivity index (χ0) is 23.8. The van der Waals surface area contributed by atoms with E-state index in [4.69, 9.17) is 9.47 Å². The Morgan fingerprint density at radius 1 is 0.912 bits per heavy atom. The molecule has 6 nitrogen and oxygen atoms in total. The lowest BCUT2D eigenvalue weighted by molar-refractivity contribution is 0.0739. The first-order valence-electron chi connectivity index (χ1n) is 10.5. The second kappa shape index (κ2) is 11.1. The minimum Gasteiger partial charge on any atom is -0.489 e. The molecule has 0 saturated heterocycles. The summed E-state index contributed by atoms with van der Waals surface area (Å²) in [6, 6.07) is 25.4. The van der Waals surface area contributed by atoms with Crippen LogP contribution in [0.15, 0.2) is 95.4 Å². The van der Waals surface area contributed by atoms with E-state index in [1.165, 1.54) is 23.1 Å². The van der Waals surface area contributed by atoms with Gasteiger partial charge in [-0.05, 0) is 78.0 Å². The average molecular weight is 471 g/mol. The minimum absolute atomic E-state index is 0.331. The Labute approximate surface area is 201 Å². The molecule has 0 fully saturated rings. The summed E-state index contributed by atoms with van der Waals surface area (Å²) in [6.07, 6.45) is 1.52. The van der Waals surface area contributed by atoms with Gasteiger partial charge in [0.15, 0.2) is 0 Å². The Morgan fingerprint density at radius 3 is 2.29 bits per heavy atom. The molecule has 1 N–H and O–H groups in total. The number of benzene rings is 3. The average Bonchev–Trinajstić information content (AvgIpc) is 3.40. The monoisotopic (exact) mass is 470 g/mol. The fraction of sp³-hybridized carbons (Fsp3) is 0.0741. The molecule has 1 amide bonds. The van der Waals surface area contributed by atoms with Crippen LogP contribution in [0, 0.1) is 6.92 Å². The molecule has 0 saturated carbocycles. The fourth-order valence-electron chi connectivity index (χ4n) is 2.96. The molecular weight excluding hydrogens is 448 g/mol. The Hall–Kier alpha value is -4.23. The van der Waals surface area contributed by atoms with Crippen LogP contribution in [-0.2, 0) is 6.61 Å². The summed E-state index contributed by atoms with van der Waals surface area (Å²) < 4.78 is 11.1. The van der Waals surface area contributed by atoms with Crippen molar-refractivity contribution in [2.45, 2.75) is 13.5 Å².